The first-order valence-corrected chi connectivity index (χ1v) is 9.08. The predicted octanol–water partition coefficient (Wildman–Crippen LogP) is 5.61. The third-order valence-electron chi connectivity index (χ3n) is 4.24. The summed E-state index contributed by atoms with van der Waals surface area (Å²) in [5, 5.41) is 14.7. The minimum absolute atomic E-state index is 0.219. The van der Waals surface area contributed by atoms with Crippen molar-refractivity contribution in [2.24, 2.45) is 0 Å². The van der Waals surface area contributed by atoms with E-state index in [0.717, 1.165) is 28.2 Å². The van der Waals surface area contributed by atoms with E-state index in [0.29, 0.717) is 10.0 Å². The highest BCUT2D eigenvalue weighted by Gasteiger charge is 2.15. The van der Waals surface area contributed by atoms with Crippen molar-refractivity contribution in [3.8, 4) is 28.2 Å². The summed E-state index contributed by atoms with van der Waals surface area (Å²) in [5.41, 5.74) is 4.16. The Labute approximate surface area is 170 Å². The molecule has 0 bridgehead atoms. The minimum Gasteiger partial charge on any atom is -0.478 e. The molecule has 0 saturated carbocycles. The summed E-state index contributed by atoms with van der Waals surface area (Å²) in [6.07, 6.45) is 3.43. The predicted molar refractivity (Wildman–Crippen MR) is 109 cm³/mol. The van der Waals surface area contributed by atoms with Crippen molar-refractivity contribution >= 4 is 29.2 Å². The number of hydrogen-bond acceptors (Lipinski definition) is 3. The summed E-state index contributed by atoms with van der Waals surface area (Å²) in [7, 11) is 0. The molecule has 2 aromatic heterocycles. The molecule has 28 heavy (non-hydrogen) atoms. The summed E-state index contributed by atoms with van der Waals surface area (Å²) in [6.45, 7) is 0. The van der Waals surface area contributed by atoms with Gasteiger partial charge in [0.25, 0.3) is 0 Å². The van der Waals surface area contributed by atoms with E-state index in [9.17, 15) is 4.79 Å². The Morgan fingerprint density at radius 3 is 2.36 bits per heavy atom. The van der Waals surface area contributed by atoms with Crippen LogP contribution >= 0.6 is 23.2 Å². The molecule has 0 unspecified atom stereocenters. The van der Waals surface area contributed by atoms with E-state index >= 15 is 0 Å². The maximum absolute atomic E-state index is 11.1. The highest BCUT2D eigenvalue weighted by atomic mass is 35.5. The Bertz CT molecular complexity index is 1160. The number of benzene rings is 2. The van der Waals surface area contributed by atoms with E-state index < -0.39 is 5.97 Å². The molecule has 138 valence electrons. The Morgan fingerprint density at radius 1 is 0.929 bits per heavy atom. The molecule has 0 radical (unpaired) electrons. The number of aromatic nitrogens is 3. The number of nitrogens with zero attached hydrogens (tertiary/aromatic N) is 3. The van der Waals surface area contributed by atoms with Crippen molar-refractivity contribution in [2.75, 3.05) is 0 Å². The van der Waals surface area contributed by atoms with Crippen molar-refractivity contribution < 1.29 is 9.90 Å². The van der Waals surface area contributed by atoms with Crippen molar-refractivity contribution in [1.29, 1.82) is 0 Å². The number of carboxylic acid groups (broad SMARTS) is 1. The molecule has 2 heterocycles. The average molecular weight is 410 g/mol. The minimum atomic E-state index is -0.972. The van der Waals surface area contributed by atoms with Gasteiger partial charge in [-0.2, -0.15) is 5.10 Å². The Hall–Kier alpha value is -3.15. The number of pyridine rings is 1. The summed E-state index contributed by atoms with van der Waals surface area (Å²) in [6, 6.07) is 17.6. The largest absolute Gasteiger partial charge is 0.478 e. The standard InChI is InChI=1S/C21H13Cl2N3O2/c22-17-8-7-16(10-18(17)23)26-20(13-3-5-14(6-4-13)21(27)28)11-19(25-26)15-2-1-9-24-12-15/h1-12H,(H,27,28). The number of halogens is 2. The first kappa shape index (κ1) is 18.2. The second-order valence-corrected chi connectivity index (χ2v) is 6.86. The zero-order valence-electron chi connectivity index (χ0n) is 14.4. The molecule has 2 aromatic carbocycles. The normalized spacial score (nSPS) is 10.8. The van der Waals surface area contributed by atoms with E-state index in [1.165, 1.54) is 0 Å². The van der Waals surface area contributed by atoms with Gasteiger partial charge in [0.15, 0.2) is 0 Å². The zero-order valence-corrected chi connectivity index (χ0v) is 15.9. The lowest BCUT2D eigenvalue weighted by Crippen LogP contribution is -2.00. The van der Waals surface area contributed by atoms with Gasteiger partial charge in [-0.3, -0.25) is 4.98 Å². The summed E-state index contributed by atoms with van der Waals surface area (Å²) < 4.78 is 1.75. The van der Waals surface area contributed by atoms with Crippen LogP contribution in [0.15, 0.2) is 73.1 Å². The van der Waals surface area contributed by atoms with Crippen LogP contribution < -0.4 is 0 Å². The Morgan fingerprint density at radius 2 is 1.71 bits per heavy atom. The van der Waals surface area contributed by atoms with Gasteiger partial charge in [0, 0.05) is 23.5 Å². The molecule has 0 aliphatic rings. The van der Waals surface area contributed by atoms with Crippen molar-refractivity contribution in [3.63, 3.8) is 0 Å². The zero-order chi connectivity index (χ0) is 19.7. The van der Waals surface area contributed by atoms with Gasteiger partial charge in [0.1, 0.15) is 0 Å². The highest BCUT2D eigenvalue weighted by Crippen LogP contribution is 2.31. The van der Waals surface area contributed by atoms with Gasteiger partial charge in [-0.05, 0) is 48.5 Å². The fourth-order valence-electron chi connectivity index (χ4n) is 2.84. The van der Waals surface area contributed by atoms with Crippen LogP contribution in [0.25, 0.3) is 28.2 Å². The molecular formula is C21H13Cl2N3O2. The second kappa shape index (κ2) is 7.46. The fourth-order valence-corrected chi connectivity index (χ4v) is 3.13. The van der Waals surface area contributed by atoms with Crippen molar-refractivity contribution in [3.05, 3.63) is 88.7 Å². The van der Waals surface area contributed by atoms with Crippen LogP contribution in [0.5, 0.6) is 0 Å². The molecule has 0 spiro atoms. The third kappa shape index (κ3) is 3.50. The molecule has 0 amide bonds. The van der Waals surface area contributed by atoms with Gasteiger partial charge in [-0.15, -0.1) is 0 Å². The van der Waals surface area contributed by atoms with Gasteiger partial charge in [0.2, 0.25) is 0 Å². The van der Waals surface area contributed by atoms with Crippen LogP contribution in [0.4, 0.5) is 0 Å². The Kier molecular flexibility index (Phi) is 4.86. The topological polar surface area (TPSA) is 68.0 Å². The molecular weight excluding hydrogens is 397 g/mol. The van der Waals surface area contributed by atoms with E-state index in [-0.39, 0.29) is 5.56 Å². The second-order valence-electron chi connectivity index (χ2n) is 6.05. The Balaban J connectivity index is 1.89. The molecule has 0 fully saturated rings. The van der Waals surface area contributed by atoms with Gasteiger partial charge in [-0.25, -0.2) is 9.48 Å². The molecule has 4 aromatic rings. The van der Waals surface area contributed by atoms with Crippen LogP contribution in [0, 0.1) is 0 Å². The van der Waals surface area contributed by atoms with E-state index in [1.807, 2.05) is 24.3 Å². The average Bonchev–Trinajstić information content (AvgIpc) is 3.16. The van der Waals surface area contributed by atoms with Crippen molar-refractivity contribution in [2.45, 2.75) is 0 Å². The van der Waals surface area contributed by atoms with E-state index in [2.05, 4.69) is 4.98 Å². The molecule has 0 atom stereocenters. The van der Waals surface area contributed by atoms with Gasteiger partial charge in [-0.1, -0.05) is 35.3 Å². The fraction of sp³-hybridized carbons (Fsp3) is 0. The van der Waals surface area contributed by atoms with Gasteiger partial charge < -0.3 is 5.11 Å². The van der Waals surface area contributed by atoms with Gasteiger partial charge in [0.05, 0.1) is 32.7 Å². The van der Waals surface area contributed by atoms with E-state index in [4.69, 9.17) is 33.4 Å². The first-order chi connectivity index (χ1) is 13.5. The van der Waals surface area contributed by atoms with Crippen LogP contribution in [0.3, 0.4) is 0 Å². The number of carboxylic acids is 1. The van der Waals surface area contributed by atoms with Crippen LogP contribution in [-0.2, 0) is 0 Å². The summed E-state index contributed by atoms with van der Waals surface area (Å²) in [5.74, 6) is -0.972. The first-order valence-electron chi connectivity index (χ1n) is 8.32. The molecule has 0 saturated heterocycles. The smallest absolute Gasteiger partial charge is 0.335 e. The number of rotatable bonds is 4. The van der Waals surface area contributed by atoms with Crippen LogP contribution in [-0.4, -0.2) is 25.8 Å². The summed E-state index contributed by atoms with van der Waals surface area (Å²) in [4.78, 5) is 15.3. The van der Waals surface area contributed by atoms with E-state index in [1.54, 1.807) is 53.5 Å². The lowest BCUT2D eigenvalue weighted by Gasteiger charge is -2.09. The lowest BCUT2D eigenvalue weighted by molar-refractivity contribution is 0.0697. The number of hydrogen-bond donors (Lipinski definition) is 1. The molecule has 0 aliphatic carbocycles. The SMILES string of the molecule is O=C(O)c1ccc(-c2cc(-c3cccnc3)nn2-c2ccc(Cl)c(Cl)c2)cc1. The lowest BCUT2D eigenvalue weighted by atomic mass is 10.1. The maximum atomic E-state index is 11.1. The molecule has 0 aliphatic heterocycles. The number of aromatic carboxylic acids is 1. The van der Waals surface area contributed by atoms with Crippen molar-refractivity contribution in [1.82, 2.24) is 14.8 Å². The number of carbonyl (C=O) groups is 1. The quantitative estimate of drug-likeness (QED) is 0.475. The van der Waals surface area contributed by atoms with Gasteiger partial charge >= 0.3 is 5.97 Å². The molecule has 5 nitrogen and oxygen atoms in total. The molecule has 7 heteroatoms. The molecule has 1 N–H and O–H groups in total. The monoisotopic (exact) mass is 409 g/mol. The summed E-state index contributed by atoms with van der Waals surface area (Å²) >= 11 is 12.2. The third-order valence-corrected chi connectivity index (χ3v) is 4.98. The maximum Gasteiger partial charge on any atom is 0.335 e. The van der Waals surface area contributed by atoms with Crippen LogP contribution in [0.1, 0.15) is 10.4 Å². The highest BCUT2D eigenvalue weighted by molar-refractivity contribution is 6.42. The molecule has 4 rings (SSSR count). The van der Waals surface area contributed by atoms with Crippen LogP contribution in [0.2, 0.25) is 10.0 Å².